The third-order valence-electron chi connectivity index (χ3n) is 6.17. The van der Waals surface area contributed by atoms with Gasteiger partial charge >= 0.3 is 0 Å². The summed E-state index contributed by atoms with van der Waals surface area (Å²) in [4.78, 5) is 28.8. The van der Waals surface area contributed by atoms with Crippen molar-refractivity contribution in [1.82, 2.24) is 9.47 Å². The molecule has 3 aromatic rings. The van der Waals surface area contributed by atoms with Gasteiger partial charge in [0.25, 0.3) is 0 Å². The van der Waals surface area contributed by atoms with Gasteiger partial charge in [0.05, 0.1) is 26.5 Å². The summed E-state index contributed by atoms with van der Waals surface area (Å²) in [6.07, 6.45) is 4.12. The SMILES string of the molecule is COc1cc2c(cc1OC)CN(CC(=O)c1cc(C(=O)c3ccc([S+](C)[O-])cc3)n(C)c1)CC2. The highest BCUT2D eigenvalue weighted by atomic mass is 32.2. The van der Waals surface area contributed by atoms with Crippen LogP contribution in [0.2, 0.25) is 0 Å². The lowest BCUT2D eigenvalue weighted by Gasteiger charge is -2.28. The zero-order valence-electron chi connectivity index (χ0n) is 19.8. The number of ether oxygens (including phenoxy) is 2. The molecular weight excluding hydrogens is 452 g/mol. The number of fused-ring (bicyclic) bond motifs is 1. The second kappa shape index (κ2) is 10.0. The molecule has 34 heavy (non-hydrogen) atoms. The largest absolute Gasteiger partial charge is 0.612 e. The number of hydrogen-bond acceptors (Lipinski definition) is 6. The normalized spacial score (nSPS) is 14.4. The molecule has 1 aromatic heterocycles. The molecule has 0 aliphatic carbocycles. The Kier molecular flexibility index (Phi) is 7.11. The maximum Gasteiger partial charge on any atom is 0.209 e. The summed E-state index contributed by atoms with van der Waals surface area (Å²) < 4.78 is 24.1. The van der Waals surface area contributed by atoms with Gasteiger partial charge in [-0.05, 0) is 71.2 Å². The molecule has 0 radical (unpaired) electrons. The first-order valence-corrected chi connectivity index (χ1v) is 12.5. The average Bonchev–Trinajstić information content (AvgIpc) is 3.24. The van der Waals surface area contributed by atoms with Gasteiger partial charge in [0, 0.05) is 37.5 Å². The van der Waals surface area contributed by atoms with Gasteiger partial charge in [-0.15, -0.1) is 0 Å². The number of nitrogens with zero attached hydrogens (tertiary/aromatic N) is 2. The second-order valence-electron chi connectivity index (χ2n) is 8.39. The van der Waals surface area contributed by atoms with Gasteiger partial charge in [-0.2, -0.15) is 0 Å². The van der Waals surface area contributed by atoms with Gasteiger partial charge in [-0.1, -0.05) is 0 Å². The number of benzene rings is 2. The first-order chi connectivity index (χ1) is 16.3. The predicted molar refractivity (Wildman–Crippen MR) is 130 cm³/mol. The minimum absolute atomic E-state index is 0.0321. The number of aryl methyl sites for hydroxylation is 1. The molecule has 1 atom stereocenters. The molecule has 0 saturated heterocycles. The van der Waals surface area contributed by atoms with Crippen LogP contribution >= 0.6 is 0 Å². The van der Waals surface area contributed by atoms with Crippen molar-refractivity contribution in [3.05, 3.63) is 76.6 Å². The van der Waals surface area contributed by atoms with E-state index in [-0.39, 0.29) is 18.1 Å². The average molecular weight is 481 g/mol. The van der Waals surface area contributed by atoms with Crippen LogP contribution in [0.15, 0.2) is 53.6 Å². The van der Waals surface area contributed by atoms with Gasteiger partial charge in [-0.3, -0.25) is 14.5 Å². The molecule has 4 rings (SSSR count). The van der Waals surface area contributed by atoms with E-state index in [4.69, 9.17) is 9.47 Å². The van der Waals surface area contributed by atoms with Crippen LogP contribution in [0.4, 0.5) is 0 Å². The van der Waals surface area contributed by atoms with E-state index in [1.54, 1.807) is 68.6 Å². The topological polar surface area (TPSA) is 83.8 Å². The Morgan fingerprint density at radius 1 is 1.00 bits per heavy atom. The molecule has 178 valence electrons. The minimum atomic E-state index is -1.10. The van der Waals surface area contributed by atoms with Crippen LogP contribution in [0, 0.1) is 0 Å². The number of aromatic nitrogens is 1. The van der Waals surface area contributed by atoms with Crippen LogP contribution in [0.1, 0.15) is 37.5 Å². The molecule has 1 aliphatic rings. The van der Waals surface area contributed by atoms with E-state index in [9.17, 15) is 14.1 Å². The summed E-state index contributed by atoms with van der Waals surface area (Å²) in [5.41, 5.74) is 3.76. The molecule has 7 nitrogen and oxygen atoms in total. The van der Waals surface area contributed by atoms with E-state index in [1.165, 1.54) is 5.56 Å². The lowest BCUT2D eigenvalue weighted by molar-refractivity contribution is 0.0921. The zero-order valence-corrected chi connectivity index (χ0v) is 20.6. The van der Waals surface area contributed by atoms with E-state index in [2.05, 4.69) is 4.90 Å². The summed E-state index contributed by atoms with van der Waals surface area (Å²) in [6, 6.07) is 12.4. The van der Waals surface area contributed by atoms with E-state index < -0.39 is 11.2 Å². The van der Waals surface area contributed by atoms with Crippen LogP contribution in [-0.4, -0.2) is 59.2 Å². The van der Waals surface area contributed by atoms with E-state index in [0.717, 1.165) is 18.5 Å². The van der Waals surface area contributed by atoms with Crippen LogP contribution in [0.25, 0.3) is 0 Å². The van der Waals surface area contributed by atoms with Crippen molar-refractivity contribution >= 4 is 22.7 Å². The molecule has 0 amide bonds. The Morgan fingerprint density at radius 3 is 2.26 bits per heavy atom. The van der Waals surface area contributed by atoms with Gasteiger partial charge in [0.15, 0.2) is 22.2 Å². The molecule has 0 fully saturated rings. The van der Waals surface area contributed by atoms with E-state index in [1.807, 2.05) is 12.1 Å². The Balaban J connectivity index is 1.46. The van der Waals surface area contributed by atoms with Crippen molar-refractivity contribution in [2.45, 2.75) is 17.9 Å². The smallest absolute Gasteiger partial charge is 0.209 e. The number of carbonyl (C=O) groups excluding carboxylic acids is 2. The molecule has 1 unspecified atom stereocenters. The Hall–Kier alpha value is -3.07. The third kappa shape index (κ3) is 4.89. The van der Waals surface area contributed by atoms with Gasteiger partial charge < -0.3 is 18.6 Å². The highest BCUT2D eigenvalue weighted by Crippen LogP contribution is 2.33. The first-order valence-electron chi connectivity index (χ1n) is 10.9. The van der Waals surface area contributed by atoms with Crippen LogP contribution in [-0.2, 0) is 31.2 Å². The summed E-state index contributed by atoms with van der Waals surface area (Å²) in [6.45, 7) is 1.67. The Morgan fingerprint density at radius 2 is 1.65 bits per heavy atom. The monoisotopic (exact) mass is 480 g/mol. The molecule has 0 bridgehead atoms. The number of ketones is 2. The molecular formula is C26H28N2O5S. The van der Waals surface area contributed by atoms with E-state index >= 15 is 0 Å². The standard InChI is InChI=1S/C26H28N2O5S/c1-27-14-20(11-22(27)26(30)17-5-7-21(8-6-17)34(4)31)23(29)16-28-10-9-18-12-24(32-2)25(33-3)13-19(18)15-28/h5-8,11-14H,9-10,15-16H2,1-4H3. The second-order valence-corrected chi connectivity index (χ2v) is 9.77. The van der Waals surface area contributed by atoms with Crippen LogP contribution in [0.3, 0.4) is 0 Å². The maximum absolute atomic E-state index is 13.0. The van der Waals surface area contributed by atoms with Gasteiger partial charge in [-0.25, -0.2) is 0 Å². The number of carbonyl (C=O) groups is 2. The van der Waals surface area contributed by atoms with Crippen molar-refractivity contribution in [2.24, 2.45) is 7.05 Å². The highest BCUT2D eigenvalue weighted by Gasteiger charge is 2.23. The maximum atomic E-state index is 13.0. The van der Waals surface area contributed by atoms with Crippen molar-refractivity contribution < 1.29 is 23.6 Å². The Labute approximate surface area is 202 Å². The lowest BCUT2D eigenvalue weighted by Crippen LogP contribution is -2.34. The summed E-state index contributed by atoms with van der Waals surface area (Å²) in [7, 11) is 5.00. The third-order valence-corrected chi connectivity index (χ3v) is 7.11. The number of Topliss-reactive ketones (excluding diaryl/α,β-unsaturated/α-hetero) is 1. The van der Waals surface area contributed by atoms with E-state index in [0.29, 0.717) is 39.8 Å². The van der Waals surface area contributed by atoms with Gasteiger partial charge in [0.1, 0.15) is 6.26 Å². The van der Waals surface area contributed by atoms with Gasteiger partial charge in [0.2, 0.25) is 5.78 Å². The molecule has 0 saturated carbocycles. The molecule has 2 aromatic carbocycles. The number of rotatable bonds is 8. The van der Waals surface area contributed by atoms with Crippen LogP contribution in [0.5, 0.6) is 11.5 Å². The van der Waals surface area contributed by atoms with Crippen molar-refractivity contribution in [3.63, 3.8) is 0 Å². The van der Waals surface area contributed by atoms with Crippen molar-refractivity contribution in [1.29, 1.82) is 0 Å². The van der Waals surface area contributed by atoms with Crippen molar-refractivity contribution in [3.8, 4) is 11.5 Å². The minimum Gasteiger partial charge on any atom is -0.612 e. The molecule has 0 N–H and O–H groups in total. The summed E-state index contributed by atoms with van der Waals surface area (Å²) in [5, 5.41) is 0. The Bertz CT molecular complexity index is 1220. The number of methoxy groups -OCH3 is 2. The summed E-state index contributed by atoms with van der Waals surface area (Å²) in [5.74, 6) is 1.18. The molecule has 0 spiro atoms. The lowest BCUT2D eigenvalue weighted by atomic mass is 9.98. The molecule has 1 aliphatic heterocycles. The predicted octanol–water partition coefficient (Wildman–Crippen LogP) is 3.25. The molecule has 2 heterocycles. The first kappa shape index (κ1) is 24.1. The fraction of sp³-hybridized carbons (Fsp3) is 0.308. The quantitative estimate of drug-likeness (QED) is 0.364. The summed E-state index contributed by atoms with van der Waals surface area (Å²) >= 11 is -1.10. The fourth-order valence-electron chi connectivity index (χ4n) is 4.26. The number of hydrogen-bond donors (Lipinski definition) is 0. The molecule has 8 heteroatoms. The van der Waals surface area contributed by atoms with Crippen molar-refractivity contribution in [2.75, 3.05) is 33.6 Å². The fourth-order valence-corrected chi connectivity index (χ4v) is 4.78. The zero-order chi connectivity index (χ0) is 24.4. The van der Waals surface area contributed by atoms with Crippen LogP contribution < -0.4 is 9.47 Å². The highest BCUT2D eigenvalue weighted by molar-refractivity contribution is 7.90.